The number of benzene rings is 1. The van der Waals surface area contributed by atoms with E-state index in [1.54, 1.807) is 6.20 Å². The average Bonchev–Trinajstić information content (AvgIpc) is 2.38. The number of carbonyl (C=O) groups is 1. The highest BCUT2D eigenvalue weighted by molar-refractivity contribution is 5.84. The van der Waals surface area contributed by atoms with Gasteiger partial charge in [0.2, 0.25) is 0 Å². The minimum atomic E-state index is -0.762. The van der Waals surface area contributed by atoms with E-state index in [9.17, 15) is 4.79 Å². The summed E-state index contributed by atoms with van der Waals surface area (Å²) >= 11 is 0. The van der Waals surface area contributed by atoms with Crippen molar-refractivity contribution in [1.82, 2.24) is 4.98 Å². The molecule has 1 aromatic heterocycles. The van der Waals surface area contributed by atoms with Crippen LogP contribution in [0.3, 0.4) is 0 Å². The second-order valence-corrected chi connectivity index (χ2v) is 3.70. The molecule has 0 aliphatic rings. The largest absolute Gasteiger partial charge is 0.491 e. The number of hydrogen-bond acceptors (Lipinski definition) is 4. The van der Waals surface area contributed by atoms with Gasteiger partial charge in [-0.15, -0.1) is 0 Å². The van der Waals surface area contributed by atoms with Crippen LogP contribution in [0.5, 0.6) is 5.75 Å². The quantitative estimate of drug-likeness (QED) is 0.820. The molecule has 0 aliphatic heterocycles. The van der Waals surface area contributed by atoms with Crippen LogP contribution >= 0.6 is 0 Å². The maximum absolute atomic E-state index is 10.4. The van der Waals surface area contributed by atoms with E-state index in [2.05, 4.69) is 9.72 Å². The topological polar surface area (TPSA) is 74.4 Å². The Kier molecular flexibility index (Phi) is 3.96. The van der Waals surface area contributed by atoms with Gasteiger partial charge in [-0.05, 0) is 12.1 Å². The number of fused-ring (bicyclic) bond motifs is 1. The molecule has 0 spiro atoms. The molecule has 0 bridgehead atoms. The van der Waals surface area contributed by atoms with Crippen molar-refractivity contribution in [2.45, 2.75) is 6.42 Å². The second-order valence-electron chi connectivity index (χ2n) is 3.70. The molecule has 1 aromatic carbocycles. The highest BCUT2D eigenvalue weighted by Gasteiger charge is 2.02. The lowest BCUT2D eigenvalue weighted by molar-refractivity contribution is 0.147. The summed E-state index contributed by atoms with van der Waals surface area (Å²) in [7, 11) is 0. The lowest BCUT2D eigenvalue weighted by atomic mass is 10.2. The van der Waals surface area contributed by atoms with E-state index in [0.717, 1.165) is 16.7 Å². The fraction of sp³-hybridized carbons (Fsp3) is 0.231. The normalized spacial score (nSPS) is 10.2. The van der Waals surface area contributed by atoms with Gasteiger partial charge < -0.3 is 15.2 Å². The minimum absolute atomic E-state index is 0.257. The summed E-state index contributed by atoms with van der Waals surface area (Å²) in [5.74, 6) is 0.729. The van der Waals surface area contributed by atoms with Crippen molar-refractivity contribution >= 4 is 17.0 Å². The van der Waals surface area contributed by atoms with Crippen LogP contribution in [0.1, 0.15) is 6.42 Å². The number of carbonyl (C=O) groups excluding carboxylic acids is 1. The molecule has 0 saturated heterocycles. The summed E-state index contributed by atoms with van der Waals surface area (Å²) in [6.45, 7) is 0.705. The lowest BCUT2D eigenvalue weighted by Gasteiger charge is -2.08. The van der Waals surface area contributed by atoms with Gasteiger partial charge in [0.15, 0.2) is 0 Å². The van der Waals surface area contributed by atoms with E-state index >= 15 is 0 Å². The minimum Gasteiger partial charge on any atom is -0.491 e. The van der Waals surface area contributed by atoms with Crippen LogP contribution in [0, 0.1) is 0 Å². The van der Waals surface area contributed by atoms with E-state index in [4.69, 9.17) is 10.5 Å². The molecular formula is C13H14N2O3. The molecule has 0 saturated carbocycles. The van der Waals surface area contributed by atoms with E-state index in [1.807, 2.05) is 30.3 Å². The average molecular weight is 246 g/mol. The van der Waals surface area contributed by atoms with Crippen LogP contribution in [-0.4, -0.2) is 24.3 Å². The van der Waals surface area contributed by atoms with Gasteiger partial charge in [0.1, 0.15) is 11.3 Å². The number of hydrogen-bond donors (Lipinski definition) is 1. The number of rotatable bonds is 5. The Labute approximate surface area is 105 Å². The molecule has 0 atom stereocenters. The molecule has 0 radical (unpaired) electrons. The fourth-order valence-electron chi connectivity index (χ4n) is 1.61. The Morgan fingerprint density at radius 3 is 2.89 bits per heavy atom. The zero-order chi connectivity index (χ0) is 12.8. The third kappa shape index (κ3) is 3.10. The van der Waals surface area contributed by atoms with Crippen molar-refractivity contribution in [3.05, 3.63) is 36.5 Å². The van der Waals surface area contributed by atoms with Crippen LogP contribution < -0.4 is 10.5 Å². The van der Waals surface area contributed by atoms with E-state index < -0.39 is 6.09 Å². The molecule has 2 N–H and O–H groups in total. The predicted octanol–water partition coefficient (Wildman–Crippen LogP) is 2.10. The van der Waals surface area contributed by atoms with Gasteiger partial charge in [-0.2, -0.15) is 0 Å². The SMILES string of the molecule is NC(=O)OCCCOc1cccc2cccnc12. The molecule has 0 fully saturated rings. The number of ether oxygens (including phenoxy) is 2. The molecule has 94 valence electrons. The first-order valence-corrected chi connectivity index (χ1v) is 5.66. The Balaban J connectivity index is 1.93. The summed E-state index contributed by atoms with van der Waals surface area (Å²) in [5.41, 5.74) is 5.68. The zero-order valence-corrected chi connectivity index (χ0v) is 9.83. The molecule has 1 heterocycles. The Morgan fingerprint density at radius 2 is 2.06 bits per heavy atom. The van der Waals surface area contributed by atoms with Crippen molar-refractivity contribution in [3.8, 4) is 5.75 Å². The van der Waals surface area contributed by atoms with Crippen LogP contribution in [0.2, 0.25) is 0 Å². The van der Waals surface area contributed by atoms with E-state index in [-0.39, 0.29) is 6.61 Å². The van der Waals surface area contributed by atoms with Crippen LogP contribution in [0.15, 0.2) is 36.5 Å². The summed E-state index contributed by atoms with van der Waals surface area (Å²) < 4.78 is 10.2. The number of pyridine rings is 1. The smallest absolute Gasteiger partial charge is 0.404 e. The first-order valence-electron chi connectivity index (χ1n) is 5.66. The van der Waals surface area contributed by atoms with Crippen molar-refractivity contribution in [2.24, 2.45) is 5.73 Å². The maximum Gasteiger partial charge on any atom is 0.404 e. The van der Waals surface area contributed by atoms with Gasteiger partial charge in [-0.3, -0.25) is 4.98 Å². The van der Waals surface area contributed by atoms with Crippen molar-refractivity contribution < 1.29 is 14.3 Å². The first kappa shape index (κ1) is 12.2. The van der Waals surface area contributed by atoms with E-state index in [0.29, 0.717) is 13.0 Å². The third-order valence-electron chi connectivity index (χ3n) is 2.39. The van der Waals surface area contributed by atoms with Gasteiger partial charge in [0.25, 0.3) is 0 Å². The highest BCUT2D eigenvalue weighted by atomic mass is 16.5. The fourth-order valence-corrected chi connectivity index (χ4v) is 1.61. The zero-order valence-electron chi connectivity index (χ0n) is 9.83. The molecule has 2 aromatic rings. The first-order chi connectivity index (χ1) is 8.77. The van der Waals surface area contributed by atoms with Crippen molar-refractivity contribution in [3.63, 3.8) is 0 Å². The van der Waals surface area contributed by atoms with E-state index in [1.165, 1.54) is 0 Å². The van der Waals surface area contributed by atoms with Gasteiger partial charge in [-0.1, -0.05) is 18.2 Å². The van der Waals surface area contributed by atoms with Crippen LogP contribution in [-0.2, 0) is 4.74 Å². The van der Waals surface area contributed by atoms with Gasteiger partial charge in [0.05, 0.1) is 13.2 Å². The predicted molar refractivity (Wildman–Crippen MR) is 67.4 cm³/mol. The molecule has 2 rings (SSSR count). The number of para-hydroxylation sites is 1. The Morgan fingerprint density at radius 1 is 1.22 bits per heavy atom. The summed E-state index contributed by atoms with van der Waals surface area (Å²) in [5, 5.41) is 1.03. The number of nitrogens with zero attached hydrogens (tertiary/aromatic N) is 1. The molecule has 0 aliphatic carbocycles. The van der Waals surface area contributed by atoms with Crippen molar-refractivity contribution in [1.29, 1.82) is 0 Å². The van der Waals surface area contributed by atoms with Gasteiger partial charge >= 0.3 is 6.09 Å². The van der Waals surface area contributed by atoms with Gasteiger partial charge in [-0.25, -0.2) is 4.79 Å². The number of nitrogens with two attached hydrogens (primary N) is 1. The van der Waals surface area contributed by atoms with Crippen LogP contribution in [0.25, 0.3) is 10.9 Å². The highest BCUT2D eigenvalue weighted by Crippen LogP contribution is 2.22. The third-order valence-corrected chi connectivity index (χ3v) is 2.39. The molecule has 5 heteroatoms. The lowest BCUT2D eigenvalue weighted by Crippen LogP contribution is -2.15. The Bertz CT molecular complexity index is 537. The summed E-state index contributed by atoms with van der Waals surface area (Å²) in [6, 6.07) is 9.62. The summed E-state index contributed by atoms with van der Waals surface area (Å²) in [6.07, 6.45) is 1.55. The molecular weight excluding hydrogens is 232 g/mol. The number of aromatic nitrogens is 1. The van der Waals surface area contributed by atoms with Gasteiger partial charge in [0, 0.05) is 18.0 Å². The maximum atomic E-state index is 10.4. The van der Waals surface area contributed by atoms with Crippen LogP contribution in [0.4, 0.5) is 4.79 Å². The summed E-state index contributed by atoms with van der Waals surface area (Å²) in [4.78, 5) is 14.6. The second kappa shape index (κ2) is 5.86. The Hall–Kier alpha value is -2.30. The number of primary amides is 1. The molecule has 0 unspecified atom stereocenters. The number of amides is 1. The standard InChI is InChI=1S/C13H14N2O3/c14-13(16)18-9-3-8-17-11-6-1-4-10-5-2-7-15-12(10)11/h1-2,4-7H,3,8-9H2,(H2,14,16). The monoisotopic (exact) mass is 246 g/mol. The molecule has 18 heavy (non-hydrogen) atoms. The molecule has 5 nitrogen and oxygen atoms in total. The molecule has 1 amide bonds. The van der Waals surface area contributed by atoms with Crippen molar-refractivity contribution in [2.75, 3.05) is 13.2 Å².